The highest BCUT2D eigenvalue weighted by molar-refractivity contribution is 5.87. The summed E-state index contributed by atoms with van der Waals surface area (Å²) in [6.07, 6.45) is 6.68. The number of hydrogen-bond donors (Lipinski definition) is 2. The maximum Gasteiger partial charge on any atom is 0.227 e. The highest BCUT2D eigenvalue weighted by Crippen LogP contribution is 2.54. The lowest BCUT2D eigenvalue weighted by molar-refractivity contribution is -0.137. The molecule has 2 unspecified atom stereocenters. The highest BCUT2D eigenvalue weighted by Gasteiger charge is 2.57. The number of nitrogens with one attached hydrogen (secondary N) is 2. The minimum Gasteiger partial charge on any atom is -0.364 e. The first-order chi connectivity index (χ1) is 14.7. The van der Waals surface area contributed by atoms with Crippen LogP contribution in [0.25, 0.3) is 10.9 Å². The monoisotopic (exact) mass is 399 g/mol. The number of para-hydroxylation sites is 2. The Kier molecular flexibility index (Phi) is 3.99. The molecule has 1 aliphatic carbocycles. The summed E-state index contributed by atoms with van der Waals surface area (Å²) in [6.45, 7) is 3.04. The summed E-state index contributed by atoms with van der Waals surface area (Å²) in [5, 5.41) is 5.04. The average Bonchev–Trinajstić information content (AvgIpc) is 3.43. The number of aromatic nitrogens is 1. The van der Waals surface area contributed by atoms with Crippen LogP contribution in [-0.2, 0) is 10.2 Å². The summed E-state index contributed by atoms with van der Waals surface area (Å²) >= 11 is 0. The average molecular weight is 400 g/mol. The Morgan fingerprint density at radius 3 is 2.63 bits per heavy atom. The van der Waals surface area contributed by atoms with Crippen LogP contribution >= 0.6 is 0 Å². The van der Waals surface area contributed by atoms with E-state index in [0.29, 0.717) is 5.91 Å². The second-order valence-corrected chi connectivity index (χ2v) is 9.35. The van der Waals surface area contributed by atoms with Crippen LogP contribution in [0.1, 0.15) is 55.3 Å². The quantitative estimate of drug-likeness (QED) is 0.612. The number of hydrogen-bond acceptors (Lipinski definition) is 2. The third-order valence-electron chi connectivity index (χ3n) is 7.87. The fourth-order valence-corrected chi connectivity index (χ4v) is 6.40. The maximum atomic E-state index is 13.6. The smallest absolute Gasteiger partial charge is 0.227 e. The molecule has 2 aliphatic heterocycles. The first-order valence-corrected chi connectivity index (χ1v) is 11.4. The van der Waals surface area contributed by atoms with E-state index in [9.17, 15) is 4.79 Å². The summed E-state index contributed by atoms with van der Waals surface area (Å²) < 4.78 is 0. The Bertz CT molecular complexity index is 1130. The highest BCUT2D eigenvalue weighted by atomic mass is 16.2. The van der Waals surface area contributed by atoms with Crippen molar-refractivity contribution in [1.29, 1.82) is 0 Å². The van der Waals surface area contributed by atoms with E-state index in [2.05, 4.69) is 70.7 Å². The standard InChI is InChI=1S/C26H29N3O/c1-17-19-11-5-7-13-21(19)27-23(17)26-15-16-29(24(30)18-9-3-2-4-10-18)25(26)28-22-14-8-6-12-20(22)26/h5-8,11-14,18,25,27-28H,2-4,9-10,15-16H2,1H3. The Balaban J connectivity index is 1.49. The molecule has 6 rings (SSSR count). The minimum atomic E-state index is -0.218. The summed E-state index contributed by atoms with van der Waals surface area (Å²) in [4.78, 5) is 19.5. The van der Waals surface area contributed by atoms with Crippen LogP contribution in [0.4, 0.5) is 5.69 Å². The van der Waals surface area contributed by atoms with Gasteiger partial charge in [0.15, 0.2) is 0 Å². The minimum absolute atomic E-state index is 0.0175. The first kappa shape index (κ1) is 18.1. The molecular formula is C26H29N3O. The van der Waals surface area contributed by atoms with Crippen LogP contribution in [0.15, 0.2) is 48.5 Å². The van der Waals surface area contributed by atoms with Crippen molar-refractivity contribution in [3.8, 4) is 0 Å². The lowest BCUT2D eigenvalue weighted by Crippen LogP contribution is -2.49. The number of likely N-dealkylation sites (tertiary alicyclic amines) is 1. The van der Waals surface area contributed by atoms with Crippen LogP contribution in [-0.4, -0.2) is 28.5 Å². The van der Waals surface area contributed by atoms with E-state index in [1.807, 2.05) is 0 Å². The van der Waals surface area contributed by atoms with Crippen LogP contribution < -0.4 is 5.32 Å². The summed E-state index contributed by atoms with van der Waals surface area (Å²) in [7, 11) is 0. The Morgan fingerprint density at radius 1 is 1.03 bits per heavy atom. The number of fused-ring (bicyclic) bond motifs is 4. The van der Waals surface area contributed by atoms with E-state index >= 15 is 0 Å². The van der Waals surface area contributed by atoms with Crippen molar-refractivity contribution in [2.45, 2.75) is 57.0 Å². The van der Waals surface area contributed by atoms with Crippen molar-refractivity contribution >= 4 is 22.5 Å². The van der Waals surface area contributed by atoms with Crippen molar-refractivity contribution in [3.05, 3.63) is 65.4 Å². The molecule has 1 saturated heterocycles. The fourth-order valence-electron chi connectivity index (χ4n) is 6.40. The molecule has 1 saturated carbocycles. The number of rotatable bonds is 2. The third kappa shape index (κ3) is 2.36. The normalized spacial score (nSPS) is 25.9. The number of carbonyl (C=O) groups is 1. The van der Waals surface area contributed by atoms with Gasteiger partial charge in [0, 0.05) is 34.7 Å². The van der Waals surface area contributed by atoms with E-state index in [0.717, 1.165) is 25.8 Å². The predicted molar refractivity (Wildman–Crippen MR) is 121 cm³/mol. The lowest BCUT2D eigenvalue weighted by atomic mass is 9.75. The Hall–Kier alpha value is -2.75. The number of H-pyrrole nitrogens is 1. The SMILES string of the molecule is Cc1c(C23CCN(C(=O)C4CCCCC4)C2Nc2ccccc23)[nH]c2ccccc12. The van der Waals surface area contributed by atoms with Gasteiger partial charge in [-0.1, -0.05) is 55.7 Å². The predicted octanol–water partition coefficient (Wildman–Crippen LogP) is 5.33. The number of aromatic amines is 1. The first-order valence-electron chi connectivity index (χ1n) is 11.4. The Labute approximate surface area is 177 Å². The zero-order chi connectivity index (χ0) is 20.3. The number of nitrogens with zero attached hydrogens (tertiary/aromatic N) is 1. The van der Waals surface area contributed by atoms with Crippen LogP contribution in [0, 0.1) is 12.8 Å². The summed E-state index contributed by atoms with van der Waals surface area (Å²) in [5.41, 5.74) is 6.03. The topological polar surface area (TPSA) is 48.1 Å². The molecule has 0 spiro atoms. The molecule has 4 heteroatoms. The second-order valence-electron chi connectivity index (χ2n) is 9.35. The van der Waals surface area contributed by atoms with Crippen LogP contribution in [0.2, 0.25) is 0 Å². The number of aryl methyl sites for hydroxylation is 1. The molecule has 2 N–H and O–H groups in total. The van der Waals surface area contributed by atoms with E-state index < -0.39 is 0 Å². The number of carbonyl (C=O) groups excluding carboxylic acids is 1. The largest absolute Gasteiger partial charge is 0.364 e. The van der Waals surface area contributed by atoms with Gasteiger partial charge in [0.05, 0.1) is 5.41 Å². The van der Waals surface area contributed by atoms with E-state index in [-0.39, 0.29) is 17.5 Å². The summed E-state index contributed by atoms with van der Waals surface area (Å²) in [5.74, 6) is 0.555. The van der Waals surface area contributed by atoms with Gasteiger partial charge >= 0.3 is 0 Å². The zero-order valence-electron chi connectivity index (χ0n) is 17.6. The van der Waals surface area contributed by atoms with E-state index in [1.165, 1.54) is 52.7 Å². The molecule has 1 amide bonds. The lowest BCUT2D eigenvalue weighted by Gasteiger charge is -2.35. The molecule has 3 aromatic rings. The van der Waals surface area contributed by atoms with Crippen molar-refractivity contribution in [2.24, 2.45) is 5.92 Å². The van der Waals surface area contributed by atoms with Gasteiger partial charge in [-0.15, -0.1) is 0 Å². The Morgan fingerprint density at radius 2 is 1.80 bits per heavy atom. The zero-order valence-corrected chi connectivity index (χ0v) is 17.6. The molecule has 0 bridgehead atoms. The fraction of sp³-hybridized carbons (Fsp3) is 0.423. The molecule has 2 atom stereocenters. The van der Waals surface area contributed by atoms with Crippen LogP contribution in [0.5, 0.6) is 0 Å². The molecule has 2 aromatic carbocycles. The van der Waals surface area contributed by atoms with Gasteiger partial charge < -0.3 is 15.2 Å². The molecule has 2 fully saturated rings. The molecule has 1 aromatic heterocycles. The van der Waals surface area contributed by atoms with Crippen molar-refractivity contribution in [3.63, 3.8) is 0 Å². The summed E-state index contributed by atoms with van der Waals surface area (Å²) in [6, 6.07) is 17.2. The van der Waals surface area contributed by atoms with Gasteiger partial charge in [-0.25, -0.2) is 0 Å². The number of amides is 1. The van der Waals surface area contributed by atoms with Gasteiger partial charge in [-0.3, -0.25) is 4.79 Å². The van der Waals surface area contributed by atoms with Gasteiger partial charge in [0.2, 0.25) is 5.91 Å². The van der Waals surface area contributed by atoms with E-state index in [4.69, 9.17) is 0 Å². The van der Waals surface area contributed by atoms with Gasteiger partial charge in [0.25, 0.3) is 0 Å². The third-order valence-corrected chi connectivity index (χ3v) is 7.87. The molecule has 0 radical (unpaired) electrons. The van der Waals surface area contributed by atoms with Crippen molar-refractivity contribution in [1.82, 2.24) is 9.88 Å². The van der Waals surface area contributed by atoms with Crippen molar-refractivity contribution in [2.75, 3.05) is 11.9 Å². The molecule has 154 valence electrons. The molecule has 3 heterocycles. The van der Waals surface area contributed by atoms with Crippen molar-refractivity contribution < 1.29 is 4.79 Å². The number of benzene rings is 2. The van der Waals surface area contributed by atoms with Crippen LogP contribution in [0.3, 0.4) is 0 Å². The van der Waals surface area contributed by atoms with Gasteiger partial charge in [-0.05, 0) is 49.4 Å². The number of anilines is 1. The van der Waals surface area contributed by atoms with Gasteiger partial charge in [0.1, 0.15) is 6.17 Å². The maximum absolute atomic E-state index is 13.6. The van der Waals surface area contributed by atoms with E-state index in [1.54, 1.807) is 0 Å². The molecule has 4 nitrogen and oxygen atoms in total. The molecule has 3 aliphatic rings. The van der Waals surface area contributed by atoms with Gasteiger partial charge in [-0.2, -0.15) is 0 Å². The molecular weight excluding hydrogens is 370 g/mol. The molecule has 30 heavy (non-hydrogen) atoms. The second kappa shape index (κ2) is 6.63.